The highest BCUT2D eigenvalue weighted by Crippen LogP contribution is 2.15. The van der Waals surface area contributed by atoms with Crippen LogP contribution < -0.4 is 4.72 Å². The maximum atomic E-state index is 12.8. The van der Waals surface area contributed by atoms with E-state index >= 15 is 0 Å². The molecule has 1 amide bonds. The Labute approximate surface area is 172 Å². The molecule has 0 saturated carbocycles. The van der Waals surface area contributed by atoms with Gasteiger partial charge >= 0.3 is 0 Å². The van der Waals surface area contributed by atoms with E-state index < -0.39 is 10.0 Å². The summed E-state index contributed by atoms with van der Waals surface area (Å²) in [5.74, 6) is 2.09. The molecule has 7 heteroatoms. The highest BCUT2D eigenvalue weighted by molar-refractivity contribution is 7.89. The maximum absolute atomic E-state index is 12.8. The zero-order valence-corrected chi connectivity index (χ0v) is 17.1. The van der Waals surface area contributed by atoms with E-state index in [1.807, 2.05) is 18.2 Å². The van der Waals surface area contributed by atoms with Crippen LogP contribution in [-0.2, 0) is 16.4 Å². The summed E-state index contributed by atoms with van der Waals surface area (Å²) in [7, 11) is -3.72. The second-order valence-electron chi connectivity index (χ2n) is 6.93. The Morgan fingerprint density at radius 3 is 2.45 bits per heavy atom. The summed E-state index contributed by atoms with van der Waals surface area (Å²) in [5.41, 5.74) is 1.67. The monoisotopic (exact) mass is 411 g/mol. The van der Waals surface area contributed by atoms with Gasteiger partial charge in [-0.25, -0.2) is 8.42 Å². The van der Waals surface area contributed by atoms with Crippen LogP contribution in [0.25, 0.3) is 0 Å². The molecule has 1 fully saturated rings. The summed E-state index contributed by atoms with van der Waals surface area (Å²) in [5, 5.41) is 0. The van der Waals surface area contributed by atoms with Gasteiger partial charge in [0.05, 0.1) is 11.4 Å². The number of piperazine rings is 1. The molecule has 2 aromatic rings. The number of terminal acetylenes is 1. The van der Waals surface area contributed by atoms with E-state index in [0.29, 0.717) is 18.7 Å². The van der Waals surface area contributed by atoms with Gasteiger partial charge in [0, 0.05) is 38.3 Å². The molecule has 1 aliphatic heterocycles. The first-order chi connectivity index (χ1) is 14.0. The van der Waals surface area contributed by atoms with Crippen molar-refractivity contribution in [3.05, 3.63) is 65.7 Å². The molecule has 0 bridgehead atoms. The van der Waals surface area contributed by atoms with E-state index in [4.69, 9.17) is 6.42 Å². The van der Waals surface area contributed by atoms with Crippen molar-refractivity contribution in [1.29, 1.82) is 0 Å². The number of amides is 1. The number of hydrogen-bond donors (Lipinski definition) is 1. The summed E-state index contributed by atoms with van der Waals surface area (Å²) >= 11 is 0. The SMILES string of the molecule is C#CCNS(=O)(=O)c1cccc(C(=O)N2CCN(CCc3ccccc3)CC2)c1. The highest BCUT2D eigenvalue weighted by Gasteiger charge is 2.23. The maximum Gasteiger partial charge on any atom is 0.253 e. The number of hydrogen-bond acceptors (Lipinski definition) is 4. The molecule has 0 atom stereocenters. The number of nitrogens with one attached hydrogen (secondary N) is 1. The van der Waals surface area contributed by atoms with Gasteiger partial charge in [-0.15, -0.1) is 6.42 Å². The van der Waals surface area contributed by atoms with Crippen molar-refractivity contribution in [3.8, 4) is 12.3 Å². The van der Waals surface area contributed by atoms with E-state index in [9.17, 15) is 13.2 Å². The highest BCUT2D eigenvalue weighted by atomic mass is 32.2. The van der Waals surface area contributed by atoms with Crippen molar-refractivity contribution in [3.63, 3.8) is 0 Å². The van der Waals surface area contributed by atoms with Gasteiger partial charge in [-0.1, -0.05) is 42.3 Å². The summed E-state index contributed by atoms with van der Waals surface area (Å²) < 4.78 is 26.8. The Balaban J connectivity index is 1.57. The topological polar surface area (TPSA) is 69.7 Å². The van der Waals surface area contributed by atoms with E-state index in [1.165, 1.54) is 17.7 Å². The van der Waals surface area contributed by atoms with Crippen LogP contribution in [0.4, 0.5) is 0 Å². The molecule has 1 N–H and O–H groups in total. The molecule has 1 aliphatic rings. The fourth-order valence-corrected chi connectivity index (χ4v) is 4.29. The Kier molecular flexibility index (Phi) is 7.04. The summed E-state index contributed by atoms with van der Waals surface area (Å²) in [6, 6.07) is 16.4. The third-order valence-electron chi connectivity index (χ3n) is 4.97. The molecule has 3 rings (SSSR count). The number of nitrogens with zero attached hydrogens (tertiary/aromatic N) is 2. The first-order valence-electron chi connectivity index (χ1n) is 9.58. The summed E-state index contributed by atoms with van der Waals surface area (Å²) in [6.45, 7) is 3.73. The largest absolute Gasteiger partial charge is 0.336 e. The molecule has 0 radical (unpaired) electrons. The molecule has 0 aromatic heterocycles. The Morgan fingerprint density at radius 2 is 1.76 bits per heavy atom. The van der Waals surface area contributed by atoms with Crippen LogP contribution in [0.2, 0.25) is 0 Å². The lowest BCUT2D eigenvalue weighted by Crippen LogP contribution is -2.49. The van der Waals surface area contributed by atoms with Crippen molar-refractivity contribution in [1.82, 2.24) is 14.5 Å². The van der Waals surface area contributed by atoms with Gasteiger partial charge in [-0.2, -0.15) is 4.72 Å². The summed E-state index contributed by atoms with van der Waals surface area (Å²) in [4.78, 5) is 17.0. The van der Waals surface area contributed by atoms with E-state index in [0.717, 1.165) is 26.1 Å². The molecule has 2 aromatic carbocycles. The fourth-order valence-electron chi connectivity index (χ4n) is 3.31. The van der Waals surface area contributed by atoms with Crippen LogP contribution in [-0.4, -0.2) is 63.4 Å². The van der Waals surface area contributed by atoms with Crippen LogP contribution in [0.1, 0.15) is 15.9 Å². The van der Waals surface area contributed by atoms with Gasteiger partial charge < -0.3 is 4.90 Å². The minimum Gasteiger partial charge on any atom is -0.336 e. The zero-order valence-electron chi connectivity index (χ0n) is 16.3. The van der Waals surface area contributed by atoms with E-state index in [1.54, 1.807) is 17.0 Å². The lowest BCUT2D eigenvalue weighted by atomic mass is 10.1. The van der Waals surface area contributed by atoms with E-state index in [-0.39, 0.29) is 17.3 Å². The molecule has 1 heterocycles. The standard InChI is InChI=1S/C22H25N3O3S/c1-2-12-23-29(27,28)21-10-6-9-20(18-21)22(26)25-16-14-24(15-17-25)13-11-19-7-4-3-5-8-19/h1,3-10,18,23H,11-17H2. The Morgan fingerprint density at radius 1 is 1.03 bits per heavy atom. The smallest absolute Gasteiger partial charge is 0.253 e. The van der Waals surface area contributed by atoms with Crippen LogP contribution in [0.5, 0.6) is 0 Å². The lowest BCUT2D eigenvalue weighted by Gasteiger charge is -2.34. The first-order valence-corrected chi connectivity index (χ1v) is 11.1. The zero-order chi connectivity index (χ0) is 20.7. The first kappa shape index (κ1) is 21.1. The minimum absolute atomic E-state index is 0.0418. The van der Waals surface area contributed by atoms with Crippen molar-refractivity contribution in [2.75, 3.05) is 39.3 Å². The Bertz CT molecular complexity index is 976. The van der Waals surface area contributed by atoms with E-state index in [2.05, 4.69) is 27.7 Å². The quantitative estimate of drug-likeness (QED) is 0.703. The second-order valence-corrected chi connectivity index (χ2v) is 8.69. The van der Waals surface area contributed by atoms with Crippen LogP contribution >= 0.6 is 0 Å². The van der Waals surface area contributed by atoms with Crippen LogP contribution in [0.15, 0.2) is 59.5 Å². The van der Waals surface area contributed by atoms with Crippen molar-refractivity contribution in [2.24, 2.45) is 0 Å². The predicted octanol–water partition coefficient (Wildman–Crippen LogP) is 1.60. The third-order valence-corrected chi connectivity index (χ3v) is 6.37. The molecule has 152 valence electrons. The van der Waals surface area contributed by atoms with Gasteiger partial charge in [0.1, 0.15) is 0 Å². The molecule has 0 aliphatic carbocycles. The van der Waals surface area contributed by atoms with Crippen molar-refractivity contribution < 1.29 is 13.2 Å². The number of rotatable bonds is 7. The van der Waals surface area contributed by atoms with Crippen molar-refractivity contribution in [2.45, 2.75) is 11.3 Å². The lowest BCUT2D eigenvalue weighted by molar-refractivity contribution is 0.0638. The molecular weight excluding hydrogens is 386 g/mol. The third kappa shape index (κ3) is 5.67. The molecule has 0 unspecified atom stereocenters. The molecule has 1 saturated heterocycles. The van der Waals surface area contributed by atoms with Gasteiger partial charge in [0.25, 0.3) is 5.91 Å². The molecule has 0 spiro atoms. The number of carbonyl (C=O) groups excluding carboxylic acids is 1. The fraction of sp³-hybridized carbons (Fsp3) is 0.318. The summed E-state index contributed by atoms with van der Waals surface area (Å²) in [6.07, 6.45) is 6.10. The van der Waals surface area contributed by atoms with Crippen LogP contribution in [0.3, 0.4) is 0 Å². The average molecular weight is 412 g/mol. The Hall–Kier alpha value is -2.66. The molecule has 29 heavy (non-hydrogen) atoms. The van der Waals surface area contributed by atoms with Crippen LogP contribution in [0, 0.1) is 12.3 Å². The minimum atomic E-state index is -3.72. The second kappa shape index (κ2) is 9.70. The predicted molar refractivity (Wildman–Crippen MR) is 113 cm³/mol. The van der Waals surface area contributed by atoms with Crippen molar-refractivity contribution >= 4 is 15.9 Å². The molecule has 6 nitrogen and oxygen atoms in total. The average Bonchev–Trinajstić information content (AvgIpc) is 2.77. The molecular formula is C22H25N3O3S. The number of benzene rings is 2. The van der Waals surface area contributed by atoms with Gasteiger partial charge in [0.2, 0.25) is 10.0 Å². The van der Waals surface area contributed by atoms with Gasteiger partial charge in [0.15, 0.2) is 0 Å². The van der Waals surface area contributed by atoms with Gasteiger partial charge in [-0.05, 0) is 30.2 Å². The normalized spacial score (nSPS) is 15.1. The number of carbonyl (C=O) groups is 1. The number of sulfonamides is 1. The van der Waals surface area contributed by atoms with Gasteiger partial charge in [-0.3, -0.25) is 9.69 Å².